The summed E-state index contributed by atoms with van der Waals surface area (Å²) in [7, 11) is 3.03. The van der Waals surface area contributed by atoms with Gasteiger partial charge in [-0.3, -0.25) is 0 Å². The van der Waals surface area contributed by atoms with Crippen LogP contribution in [-0.2, 0) is 0 Å². The Labute approximate surface area is 143 Å². The molecular weight excluding hydrogens is 330 g/mol. The van der Waals surface area contributed by atoms with E-state index in [2.05, 4.69) is 46.4 Å². The minimum Gasteiger partial charge on any atom is -0.209 e. The van der Waals surface area contributed by atoms with Crippen molar-refractivity contribution >= 4 is 15.6 Å². The van der Waals surface area contributed by atoms with E-state index >= 15 is 0 Å². The Morgan fingerprint density at radius 1 is 0.652 bits per heavy atom. The Hall–Kier alpha value is 0.620. The first-order valence-electron chi connectivity index (χ1n) is 8.30. The maximum atomic E-state index is 11.5. The van der Waals surface area contributed by atoms with Crippen LogP contribution >= 0.6 is 15.6 Å². The monoisotopic (exact) mass is 366 g/mol. The van der Waals surface area contributed by atoms with Crippen LogP contribution in [-0.4, -0.2) is 88.7 Å². The molecule has 0 aliphatic carbocycles. The highest BCUT2D eigenvalue weighted by molar-refractivity contribution is 7.82. The van der Waals surface area contributed by atoms with E-state index in [1.54, 1.807) is 0 Å². The average Bonchev–Trinajstić information content (AvgIpc) is 2.32. The van der Waals surface area contributed by atoms with Crippen LogP contribution in [0.2, 0.25) is 0 Å². The highest BCUT2D eigenvalue weighted by Gasteiger charge is 2.66. The SMILES string of the molecule is CN1CC(C)(C)CN(C)[P+]1(O)C[P+]1(O)N(C)CC(C)(C)CN1C. The van der Waals surface area contributed by atoms with E-state index in [1.165, 1.54) is 0 Å². The molecule has 0 unspecified atom stereocenters. The summed E-state index contributed by atoms with van der Waals surface area (Å²) >= 11 is 0. The molecule has 0 bridgehead atoms. The molecule has 2 heterocycles. The van der Waals surface area contributed by atoms with Crippen LogP contribution in [0.1, 0.15) is 27.7 Å². The highest BCUT2D eigenvalue weighted by Crippen LogP contribution is 2.77. The van der Waals surface area contributed by atoms with Crippen LogP contribution < -0.4 is 0 Å². The van der Waals surface area contributed by atoms with E-state index in [0.29, 0.717) is 5.90 Å². The molecule has 2 aliphatic heterocycles. The van der Waals surface area contributed by atoms with Gasteiger partial charge in [-0.2, -0.15) is 0 Å². The molecule has 2 rings (SSSR count). The fourth-order valence-electron chi connectivity index (χ4n) is 4.24. The second-order valence-corrected chi connectivity index (χ2v) is 15.8. The van der Waals surface area contributed by atoms with Crippen LogP contribution in [0.5, 0.6) is 0 Å². The number of hydrogen-bond acceptors (Lipinski definition) is 6. The van der Waals surface area contributed by atoms with Crippen LogP contribution in [0.4, 0.5) is 0 Å². The predicted octanol–water partition coefficient (Wildman–Crippen LogP) is 2.26. The largest absolute Gasteiger partial charge is 0.329 e. The third-order valence-corrected chi connectivity index (χ3v) is 13.2. The van der Waals surface area contributed by atoms with E-state index in [9.17, 15) is 9.79 Å². The fraction of sp³-hybridized carbons (Fsp3) is 1.00. The van der Waals surface area contributed by atoms with Crippen molar-refractivity contribution in [3.05, 3.63) is 0 Å². The van der Waals surface area contributed by atoms with Crippen molar-refractivity contribution in [1.82, 2.24) is 18.7 Å². The van der Waals surface area contributed by atoms with Gasteiger partial charge in [0.1, 0.15) is 0 Å². The van der Waals surface area contributed by atoms with Crippen LogP contribution in [0, 0.1) is 10.8 Å². The van der Waals surface area contributed by atoms with Gasteiger partial charge in [-0.1, -0.05) is 27.7 Å². The normalized spacial score (nSPS) is 32.1. The molecule has 2 saturated heterocycles. The van der Waals surface area contributed by atoms with Crippen molar-refractivity contribution < 1.29 is 9.79 Å². The molecule has 0 aromatic carbocycles. The highest BCUT2D eigenvalue weighted by atomic mass is 31.3. The molecule has 0 aromatic heterocycles. The number of rotatable bonds is 2. The van der Waals surface area contributed by atoms with Crippen molar-refractivity contribution in [2.75, 3.05) is 60.3 Å². The first kappa shape index (κ1) is 19.9. The molecule has 0 spiro atoms. The zero-order valence-corrected chi connectivity index (χ0v) is 17.9. The van der Waals surface area contributed by atoms with Crippen molar-refractivity contribution in [2.45, 2.75) is 27.7 Å². The average molecular weight is 366 g/mol. The van der Waals surface area contributed by atoms with Gasteiger partial charge in [0, 0.05) is 54.4 Å². The Balaban J connectivity index is 2.25. The maximum Gasteiger partial charge on any atom is 0.329 e. The van der Waals surface area contributed by atoms with E-state index in [1.807, 2.05) is 28.2 Å². The fourth-order valence-corrected chi connectivity index (χ4v) is 13.2. The molecule has 2 fully saturated rings. The van der Waals surface area contributed by atoms with Gasteiger partial charge in [0.25, 0.3) is 5.90 Å². The van der Waals surface area contributed by atoms with E-state index in [-0.39, 0.29) is 10.8 Å². The first-order chi connectivity index (χ1) is 10.2. The van der Waals surface area contributed by atoms with Gasteiger partial charge < -0.3 is 0 Å². The van der Waals surface area contributed by atoms with Crippen LogP contribution in [0.25, 0.3) is 0 Å². The molecule has 0 radical (unpaired) electrons. The summed E-state index contributed by atoms with van der Waals surface area (Å²) in [4.78, 5) is 23.0. The third kappa shape index (κ3) is 3.75. The topological polar surface area (TPSA) is 53.4 Å². The van der Waals surface area contributed by atoms with E-state index in [4.69, 9.17) is 0 Å². The summed E-state index contributed by atoms with van der Waals surface area (Å²) in [5.41, 5.74) is 0.312. The second kappa shape index (κ2) is 6.10. The van der Waals surface area contributed by atoms with Gasteiger partial charge in [0.05, 0.1) is 0 Å². The lowest BCUT2D eigenvalue weighted by Crippen LogP contribution is -2.53. The molecule has 2 N–H and O–H groups in total. The zero-order chi connectivity index (χ0) is 17.8. The minimum atomic E-state index is -2.49. The summed E-state index contributed by atoms with van der Waals surface area (Å²) in [6.45, 7) is 12.4. The third-order valence-electron chi connectivity index (χ3n) is 5.19. The second-order valence-electron chi connectivity index (χ2n) is 9.12. The standard InChI is InChI=1S/C15H36N4O2P2/c1-14(2)9-16(5)22(20,17(6)10-14)13-23(21)18(7)11-15(3,4)12-19(23)8/h20-21H,9-13H2,1-8H3/q+2. The summed E-state index contributed by atoms with van der Waals surface area (Å²) in [6, 6.07) is 0. The van der Waals surface area contributed by atoms with E-state index in [0.717, 1.165) is 26.2 Å². The minimum absolute atomic E-state index is 0.156. The summed E-state index contributed by atoms with van der Waals surface area (Å²) < 4.78 is 8.43. The van der Waals surface area contributed by atoms with Gasteiger partial charge in [-0.05, 0) is 10.8 Å². The quantitative estimate of drug-likeness (QED) is 0.732. The summed E-state index contributed by atoms with van der Waals surface area (Å²) in [5.74, 6) is 0.464. The molecule has 23 heavy (non-hydrogen) atoms. The van der Waals surface area contributed by atoms with Gasteiger partial charge in [-0.15, -0.1) is 18.7 Å². The summed E-state index contributed by atoms with van der Waals surface area (Å²) in [6.07, 6.45) is 0. The molecular formula is C15H36N4O2P2+2. The zero-order valence-electron chi connectivity index (χ0n) is 16.1. The molecule has 6 nitrogen and oxygen atoms in total. The van der Waals surface area contributed by atoms with Gasteiger partial charge in [0.15, 0.2) is 0 Å². The Morgan fingerprint density at radius 2 is 0.870 bits per heavy atom. The van der Waals surface area contributed by atoms with Crippen molar-refractivity contribution in [1.29, 1.82) is 0 Å². The molecule has 0 atom stereocenters. The van der Waals surface area contributed by atoms with Crippen molar-refractivity contribution in [3.63, 3.8) is 0 Å². The van der Waals surface area contributed by atoms with Crippen molar-refractivity contribution in [2.24, 2.45) is 10.8 Å². The molecule has 8 heteroatoms. The Kier molecular flexibility index (Phi) is 5.29. The van der Waals surface area contributed by atoms with Gasteiger partial charge >= 0.3 is 15.6 Å². The molecule has 0 aromatic rings. The molecule has 2 aliphatic rings. The van der Waals surface area contributed by atoms with Gasteiger partial charge in [-0.25, -0.2) is 9.79 Å². The molecule has 0 saturated carbocycles. The Morgan fingerprint density at radius 3 is 1.09 bits per heavy atom. The summed E-state index contributed by atoms with van der Waals surface area (Å²) in [5, 5.41) is 0. The number of hydrogen-bond donors (Lipinski definition) is 2. The maximum absolute atomic E-state index is 11.5. The molecule has 0 amide bonds. The van der Waals surface area contributed by atoms with Gasteiger partial charge in [0.2, 0.25) is 0 Å². The molecule has 136 valence electrons. The Bertz CT molecular complexity index is 393. The lowest BCUT2D eigenvalue weighted by atomic mass is 9.93. The lowest BCUT2D eigenvalue weighted by molar-refractivity contribution is 0.162. The predicted molar refractivity (Wildman–Crippen MR) is 101 cm³/mol. The first-order valence-corrected chi connectivity index (χ1v) is 12.0. The lowest BCUT2D eigenvalue weighted by Gasteiger charge is -2.49. The number of nitrogens with zero attached hydrogens (tertiary/aromatic N) is 4. The smallest absolute Gasteiger partial charge is 0.209 e. The van der Waals surface area contributed by atoms with Crippen LogP contribution in [0.3, 0.4) is 0 Å². The van der Waals surface area contributed by atoms with Crippen molar-refractivity contribution in [3.8, 4) is 0 Å². The van der Waals surface area contributed by atoms with Crippen LogP contribution in [0.15, 0.2) is 0 Å². The van der Waals surface area contributed by atoms with E-state index < -0.39 is 15.6 Å².